The van der Waals surface area contributed by atoms with Crippen LogP contribution in [0.4, 0.5) is 0 Å². The van der Waals surface area contributed by atoms with E-state index in [4.69, 9.17) is 4.43 Å². The largest absolute Gasteiger partial charge is 0.413 e. The highest BCUT2D eigenvalue weighted by Crippen LogP contribution is 2.38. The summed E-state index contributed by atoms with van der Waals surface area (Å²) < 4.78 is 7.57. The number of halogens is 1. The number of hydrogen-bond donors (Lipinski definition) is 0. The van der Waals surface area contributed by atoms with Crippen molar-refractivity contribution in [2.24, 2.45) is 0 Å². The Balaban J connectivity index is 2.24. The van der Waals surface area contributed by atoms with E-state index in [0.29, 0.717) is 12.5 Å². The van der Waals surface area contributed by atoms with Gasteiger partial charge in [0.1, 0.15) is 0 Å². The molecule has 1 nitrogen and oxygen atoms in total. The SMILES string of the molecule is CC(C)(C)[Si](C)(C)OCc1c(Br)cccc1C1C=CC=C1. The molecule has 0 N–H and O–H groups in total. The Morgan fingerprint density at radius 2 is 1.76 bits per heavy atom. The van der Waals surface area contributed by atoms with Gasteiger partial charge in [-0.25, -0.2) is 0 Å². The van der Waals surface area contributed by atoms with E-state index in [2.05, 4.69) is 92.3 Å². The third kappa shape index (κ3) is 3.76. The molecule has 0 bridgehead atoms. The molecule has 0 atom stereocenters. The van der Waals surface area contributed by atoms with Gasteiger partial charge in [-0.1, -0.05) is 73.1 Å². The molecule has 2 rings (SSSR count). The predicted octanol–water partition coefficient (Wildman–Crippen LogP) is 6.18. The lowest BCUT2D eigenvalue weighted by Gasteiger charge is -2.36. The standard InChI is InChI=1S/C18H25BrOSi/c1-18(2,3)21(4,5)20-13-16-15(11-8-12-17(16)19)14-9-6-7-10-14/h6-12,14H,13H2,1-5H3. The molecule has 0 saturated heterocycles. The molecule has 1 aliphatic rings. The Kier molecular flexibility index (Phi) is 4.96. The summed E-state index contributed by atoms with van der Waals surface area (Å²) in [7, 11) is -1.73. The van der Waals surface area contributed by atoms with Crippen LogP contribution in [0.2, 0.25) is 18.1 Å². The van der Waals surface area contributed by atoms with E-state index < -0.39 is 8.32 Å². The lowest BCUT2D eigenvalue weighted by Crippen LogP contribution is -2.40. The summed E-state index contributed by atoms with van der Waals surface area (Å²) in [6.45, 7) is 12.1. The quantitative estimate of drug-likeness (QED) is 0.579. The zero-order valence-electron chi connectivity index (χ0n) is 13.6. The number of benzene rings is 1. The Hall–Kier alpha value is -0.643. The van der Waals surface area contributed by atoms with Crippen molar-refractivity contribution in [3.05, 3.63) is 58.1 Å². The average molecular weight is 365 g/mol. The summed E-state index contributed by atoms with van der Waals surface area (Å²) in [5.74, 6) is 0.375. The molecule has 0 fully saturated rings. The zero-order valence-corrected chi connectivity index (χ0v) is 16.2. The van der Waals surface area contributed by atoms with Crippen molar-refractivity contribution >= 4 is 24.2 Å². The first-order chi connectivity index (χ1) is 9.72. The van der Waals surface area contributed by atoms with Gasteiger partial charge in [0, 0.05) is 10.4 Å². The first-order valence-electron chi connectivity index (χ1n) is 7.48. The molecular formula is C18H25BrOSi. The Morgan fingerprint density at radius 1 is 1.14 bits per heavy atom. The Labute approximate surface area is 138 Å². The second-order valence-electron chi connectivity index (χ2n) is 7.15. The summed E-state index contributed by atoms with van der Waals surface area (Å²) in [4.78, 5) is 0. The van der Waals surface area contributed by atoms with Crippen molar-refractivity contribution in [3.8, 4) is 0 Å². The molecule has 0 aromatic heterocycles. The normalized spacial score (nSPS) is 15.9. The predicted molar refractivity (Wildman–Crippen MR) is 97.1 cm³/mol. The van der Waals surface area contributed by atoms with Crippen LogP contribution >= 0.6 is 15.9 Å². The van der Waals surface area contributed by atoms with Crippen molar-refractivity contribution in [1.82, 2.24) is 0 Å². The smallest absolute Gasteiger partial charge is 0.192 e. The molecule has 0 aliphatic heterocycles. The van der Waals surface area contributed by atoms with E-state index in [1.165, 1.54) is 11.1 Å². The minimum Gasteiger partial charge on any atom is -0.413 e. The van der Waals surface area contributed by atoms with Gasteiger partial charge in [-0.05, 0) is 35.3 Å². The molecule has 0 spiro atoms. The lowest BCUT2D eigenvalue weighted by atomic mass is 9.96. The van der Waals surface area contributed by atoms with Crippen LogP contribution in [-0.2, 0) is 11.0 Å². The minimum absolute atomic E-state index is 0.238. The van der Waals surface area contributed by atoms with Gasteiger partial charge in [-0.3, -0.25) is 0 Å². The van der Waals surface area contributed by atoms with Crippen LogP contribution in [0.25, 0.3) is 0 Å². The molecule has 0 amide bonds. The van der Waals surface area contributed by atoms with Crippen molar-refractivity contribution in [2.45, 2.75) is 51.4 Å². The van der Waals surface area contributed by atoms with Gasteiger partial charge in [0.25, 0.3) is 0 Å². The fourth-order valence-electron chi connectivity index (χ4n) is 2.15. The highest BCUT2D eigenvalue weighted by atomic mass is 79.9. The van der Waals surface area contributed by atoms with E-state index in [0.717, 1.165) is 4.47 Å². The fraction of sp³-hybridized carbons (Fsp3) is 0.444. The van der Waals surface area contributed by atoms with Gasteiger partial charge in [-0.2, -0.15) is 0 Å². The molecule has 0 unspecified atom stereocenters. The van der Waals surface area contributed by atoms with Crippen LogP contribution in [0, 0.1) is 0 Å². The van der Waals surface area contributed by atoms with Crippen LogP contribution in [0.3, 0.4) is 0 Å². The molecule has 21 heavy (non-hydrogen) atoms. The summed E-state index contributed by atoms with van der Waals surface area (Å²) in [6, 6.07) is 6.42. The molecule has 0 saturated carbocycles. The van der Waals surface area contributed by atoms with E-state index in [-0.39, 0.29) is 5.04 Å². The first kappa shape index (κ1) is 16.7. The maximum absolute atomic E-state index is 6.42. The maximum Gasteiger partial charge on any atom is 0.192 e. The number of allylic oxidation sites excluding steroid dienone is 4. The van der Waals surface area contributed by atoms with Gasteiger partial charge < -0.3 is 4.43 Å². The van der Waals surface area contributed by atoms with Crippen LogP contribution < -0.4 is 0 Å². The molecule has 0 heterocycles. The van der Waals surface area contributed by atoms with E-state index in [1.807, 2.05) is 0 Å². The highest BCUT2D eigenvalue weighted by Gasteiger charge is 2.37. The first-order valence-corrected chi connectivity index (χ1v) is 11.2. The van der Waals surface area contributed by atoms with Crippen LogP contribution in [0.15, 0.2) is 47.0 Å². The monoisotopic (exact) mass is 364 g/mol. The van der Waals surface area contributed by atoms with E-state index >= 15 is 0 Å². The molecule has 0 radical (unpaired) electrons. The third-order valence-electron chi connectivity index (χ3n) is 4.65. The van der Waals surface area contributed by atoms with Crippen LogP contribution in [0.1, 0.15) is 37.8 Å². The molecule has 114 valence electrons. The molecule has 3 heteroatoms. The van der Waals surface area contributed by atoms with Crippen molar-refractivity contribution < 1.29 is 4.43 Å². The molecule has 1 aromatic carbocycles. The van der Waals surface area contributed by atoms with Gasteiger partial charge >= 0.3 is 0 Å². The van der Waals surface area contributed by atoms with Gasteiger partial charge in [-0.15, -0.1) is 0 Å². The van der Waals surface area contributed by atoms with Gasteiger partial charge in [0.2, 0.25) is 0 Å². The van der Waals surface area contributed by atoms with E-state index in [1.54, 1.807) is 0 Å². The number of rotatable bonds is 4. The molecular weight excluding hydrogens is 340 g/mol. The third-order valence-corrected chi connectivity index (χ3v) is 9.87. The average Bonchev–Trinajstić information content (AvgIpc) is 2.89. The van der Waals surface area contributed by atoms with Crippen molar-refractivity contribution in [3.63, 3.8) is 0 Å². The maximum atomic E-state index is 6.42. The van der Waals surface area contributed by atoms with Crippen LogP contribution in [-0.4, -0.2) is 8.32 Å². The number of hydrogen-bond acceptors (Lipinski definition) is 1. The topological polar surface area (TPSA) is 9.23 Å². The summed E-state index contributed by atoms with van der Waals surface area (Å²) in [5.41, 5.74) is 2.62. The Bertz CT molecular complexity index is 555. The molecule has 1 aliphatic carbocycles. The highest BCUT2D eigenvalue weighted by molar-refractivity contribution is 9.10. The fourth-order valence-corrected chi connectivity index (χ4v) is 3.58. The van der Waals surface area contributed by atoms with Crippen LogP contribution in [0.5, 0.6) is 0 Å². The van der Waals surface area contributed by atoms with Crippen molar-refractivity contribution in [2.75, 3.05) is 0 Å². The van der Waals surface area contributed by atoms with E-state index in [9.17, 15) is 0 Å². The second-order valence-corrected chi connectivity index (χ2v) is 12.8. The summed E-state index contributed by atoms with van der Waals surface area (Å²) in [6.07, 6.45) is 8.70. The second kappa shape index (κ2) is 6.23. The zero-order chi connectivity index (χ0) is 15.7. The summed E-state index contributed by atoms with van der Waals surface area (Å²) in [5, 5.41) is 0.238. The van der Waals surface area contributed by atoms with Gasteiger partial charge in [0.15, 0.2) is 8.32 Å². The van der Waals surface area contributed by atoms with Crippen molar-refractivity contribution in [1.29, 1.82) is 0 Å². The molecule has 1 aromatic rings. The van der Waals surface area contributed by atoms with Gasteiger partial charge in [0.05, 0.1) is 6.61 Å². The summed E-state index contributed by atoms with van der Waals surface area (Å²) >= 11 is 3.70. The lowest BCUT2D eigenvalue weighted by molar-refractivity contribution is 0.274. The Morgan fingerprint density at radius 3 is 2.33 bits per heavy atom. The minimum atomic E-state index is -1.73.